The number of carboxylic acid groups (broad SMARTS) is 1. The molecule has 98 valence electrons. The zero-order valence-corrected chi connectivity index (χ0v) is 10.7. The summed E-state index contributed by atoms with van der Waals surface area (Å²) in [6, 6.07) is 8.33. The van der Waals surface area contributed by atoms with Gasteiger partial charge in [-0.1, -0.05) is 11.6 Å². The third kappa shape index (κ3) is 2.69. The van der Waals surface area contributed by atoms with Crippen LogP contribution in [0.2, 0.25) is 5.02 Å². The highest BCUT2D eigenvalue weighted by Gasteiger charge is 2.13. The van der Waals surface area contributed by atoms with E-state index in [9.17, 15) is 9.18 Å². The van der Waals surface area contributed by atoms with Crippen LogP contribution in [0.3, 0.4) is 0 Å². The molecule has 0 aliphatic heterocycles. The molecule has 0 amide bonds. The number of benzene rings is 2. The zero-order valence-electron chi connectivity index (χ0n) is 9.98. The molecule has 0 radical (unpaired) electrons. The summed E-state index contributed by atoms with van der Waals surface area (Å²) in [4.78, 5) is 11.0. The first kappa shape index (κ1) is 13.4. The molecule has 3 nitrogen and oxygen atoms in total. The molecule has 0 aromatic heterocycles. The molecule has 1 N–H and O–H groups in total. The number of methoxy groups -OCH3 is 1. The van der Waals surface area contributed by atoms with Crippen LogP contribution in [0.4, 0.5) is 4.39 Å². The Morgan fingerprint density at radius 3 is 2.53 bits per heavy atom. The summed E-state index contributed by atoms with van der Waals surface area (Å²) < 4.78 is 18.2. The van der Waals surface area contributed by atoms with Crippen LogP contribution in [-0.2, 0) is 0 Å². The molecule has 0 atom stereocenters. The predicted octanol–water partition coefficient (Wildman–Crippen LogP) is 3.85. The second kappa shape index (κ2) is 5.28. The van der Waals surface area contributed by atoms with Gasteiger partial charge in [0.15, 0.2) is 0 Å². The van der Waals surface area contributed by atoms with Gasteiger partial charge in [-0.25, -0.2) is 9.18 Å². The lowest BCUT2D eigenvalue weighted by atomic mass is 10.0. The molecule has 0 unspecified atom stereocenters. The van der Waals surface area contributed by atoms with Crippen molar-refractivity contribution >= 4 is 17.6 Å². The average Bonchev–Trinajstić information content (AvgIpc) is 2.38. The van der Waals surface area contributed by atoms with Crippen molar-refractivity contribution in [1.82, 2.24) is 0 Å². The third-order valence-electron chi connectivity index (χ3n) is 2.67. The quantitative estimate of drug-likeness (QED) is 0.929. The monoisotopic (exact) mass is 280 g/mol. The highest BCUT2D eigenvalue weighted by atomic mass is 35.5. The normalized spacial score (nSPS) is 10.3. The number of rotatable bonds is 3. The number of aromatic carboxylic acids is 1. The molecule has 0 fully saturated rings. The Morgan fingerprint density at radius 2 is 1.95 bits per heavy atom. The molecular formula is C14H10ClFO3. The maximum absolute atomic E-state index is 13.0. The van der Waals surface area contributed by atoms with E-state index >= 15 is 0 Å². The average molecular weight is 281 g/mol. The van der Waals surface area contributed by atoms with Crippen molar-refractivity contribution in [3.63, 3.8) is 0 Å². The van der Waals surface area contributed by atoms with Gasteiger partial charge in [0.1, 0.15) is 11.6 Å². The molecule has 0 saturated carbocycles. The first-order valence-electron chi connectivity index (χ1n) is 5.39. The van der Waals surface area contributed by atoms with E-state index in [1.54, 1.807) is 6.07 Å². The molecule has 0 heterocycles. The molecule has 2 aromatic rings. The Kier molecular flexibility index (Phi) is 3.71. The van der Waals surface area contributed by atoms with E-state index in [-0.39, 0.29) is 10.6 Å². The van der Waals surface area contributed by atoms with Gasteiger partial charge in [0.05, 0.1) is 17.7 Å². The maximum atomic E-state index is 13.0. The number of carboxylic acids is 1. The van der Waals surface area contributed by atoms with Crippen LogP contribution in [0.1, 0.15) is 10.4 Å². The van der Waals surface area contributed by atoms with Crippen LogP contribution in [-0.4, -0.2) is 18.2 Å². The van der Waals surface area contributed by atoms with E-state index in [0.29, 0.717) is 16.9 Å². The first-order chi connectivity index (χ1) is 9.02. The van der Waals surface area contributed by atoms with Gasteiger partial charge in [-0.2, -0.15) is 0 Å². The van der Waals surface area contributed by atoms with Gasteiger partial charge in [-0.15, -0.1) is 0 Å². The van der Waals surface area contributed by atoms with Crippen LogP contribution in [0.25, 0.3) is 11.1 Å². The fourth-order valence-corrected chi connectivity index (χ4v) is 2.03. The fraction of sp³-hybridized carbons (Fsp3) is 0.0714. The van der Waals surface area contributed by atoms with Gasteiger partial charge in [-0.05, 0) is 36.4 Å². The van der Waals surface area contributed by atoms with E-state index in [2.05, 4.69) is 0 Å². The molecule has 19 heavy (non-hydrogen) atoms. The van der Waals surface area contributed by atoms with Crippen LogP contribution >= 0.6 is 11.6 Å². The number of halogens is 2. The maximum Gasteiger partial charge on any atom is 0.335 e. The van der Waals surface area contributed by atoms with E-state index in [1.165, 1.54) is 37.4 Å². The number of hydrogen-bond acceptors (Lipinski definition) is 2. The summed E-state index contributed by atoms with van der Waals surface area (Å²) in [5.41, 5.74) is 1.13. The molecule has 0 aliphatic carbocycles. The lowest BCUT2D eigenvalue weighted by Crippen LogP contribution is -1.98. The van der Waals surface area contributed by atoms with Gasteiger partial charge < -0.3 is 9.84 Å². The molecule has 2 aromatic carbocycles. The minimum atomic E-state index is -1.05. The van der Waals surface area contributed by atoms with Crippen molar-refractivity contribution in [2.45, 2.75) is 0 Å². The van der Waals surface area contributed by atoms with Gasteiger partial charge in [0, 0.05) is 11.1 Å². The summed E-state index contributed by atoms with van der Waals surface area (Å²) in [5, 5.41) is 9.19. The highest BCUT2D eigenvalue weighted by Crippen LogP contribution is 2.35. The van der Waals surface area contributed by atoms with E-state index in [1.807, 2.05) is 0 Å². The highest BCUT2D eigenvalue weighted by molar-refractivity contribution is 6.33. The van der Waals surface area contributed by atoms with E-state index < -0.39 is 11.8 Å². The lowest BCUT2D eigenvalue weighted by molar-refractivity contribution is 0.0697. The summed E-state index contributed by atoms with van der Waals surface area (Å²) in [5.74, 6) is -1.04. The topological polar surface area (TPSA) is 46.5 Å². The zero-order chi connectivity index (χ0) is 14.0. The number of ether oxygens (including phenoxy) is 1. The van der Waals surface area contributed by atoms with Crippen LogP contribution in [0, 0.1) is 5.82 Å². The van der Waals surface area contributed by atoms with Crippen molar-refractivity contribution in [2.24, 2.45) is 0 Å². The Bertz CT molecular complexity index is 641. The number of carbonyl (C=O) groups is 1. The Balaban J connectivity index is 2.64. The minimum absolute atomic E-state index is 0.108. The molecule has 5 heteroatoms. The van der Waals surface area contributed by atoms with E-state index in [4.69, 9.17) is 21.4 Å². The first-order valence-corrected chi connectivity index (χ1v) is 5.77. The SMILES string of the molecule is COc1ccc(C(=O)O)cc1-c1ccc(F)cc1Cl. The predicted molar refractivity (Wildman–Crippen MR) is 70.4 cm³/mol. The van der Waals surface area contributed by atoms with Crippen molar-refractivity contribution in [1.29, 1.82) is 0 Å². The molecular weight excluding hydrogens is 271 g/mol. The van der Waals surface area contributed by atoms with Gasteiger partial charge in [-0.3, -0.25) is 0 Å². The van der Waals surface area contributed by atoms with Crippen LogP contribution in [0.5, 0.6) is 5.75 Å². The Labute approximate surface area is 114 Å². The molecule has 0 aliphatic rings. The summed E-state index contributed by atoms with van der Waals surface area (Å²) in [6.07, 6.45) is 0. The summed E-state index contributed by atoms with van der Waals surface area (Å²) >= 11 is 5.98. The molecule has 0 bridgehead atoms. The largest absolute Gasteiger partial charge is 0.496 e. The van der Waals surface area contributed by atoms with Gasteiger partial charge in [0.25, 0.3) is 0 Å². The van der Waals surface area contributed by atoms with E-state index in [0.717, 1.165) is 0 Å². The van der Waals surface area contributed by atoms with Crippen molar-refractivity contribution in [3.8, 4) is 16.9 Å². The fourth-order valence-electron chi connectivity index (χ4n) is 1.76. The van der Waals surface area contributed by atoms with Crippen molar-refractivity contribution < 1.29 is 19.0 Å². The molecule has 0 saturated heterocycles. The molecule has 0 spiro atoms. The van der Waals surface area contributed by atoms with Crippen molar-refractivity contribution in [3.05, 3.63) is 52.8 Å². The lowest BCUT2D eigenvalue weighted by Gasteiger charge is -2.11. The second-order valence-electron chi connectivity index (χ2n) is 3.84. The summed E-state index contributed by atoms with van der Waals surface area (Å²) in [7, 11) is 1.47. The Morgan fingerprint density at radius 1 is 1.21 bits per heavy atom. The second-order valence-corrected chi connectivity index (χ2v) is 4.25. The van der Waals surface area contributed by atoms with Crippen molar-refractivity contribution in [2.75, 3.05) is 7.11 Å². The van der Waals surface area contributed by atoms with Gasteiger partial charge >= 0.3 is 5.97 Å². The minimum Gasteiger partial charge on any atom is -0.496 e. The van der Waals surface area contributed by atoms with Crippen LogP contribution < -0.4 is 4.74 Å². The summed E-state index contributed by atoms with van der Waals surface area (Å²) in [6.45, 7) is 0. The van der Waals surface area contributed by atoms with Gasteiger partial charge in [0.2, 0.25) is 0 Å². The smallest absolute Gasteiger partial charge is 0.335 e. The number of hydrogen-bond donors (Lipinski definition) is 1. The third-order valence-corrected chi connectivity index (χ3v) is 2.98. The van der Waals surface area contributed by atoms with Crippen LogP contribution in [0.15, 0.2) is 36.4 Å². The Hall–Kier alpha value is -2.07. The standard InChI is InChI=1S/C14H10ClFO3/c1-19-13-5-2-8(14(17)18)6-11(13)10-4-3-9(16)7-12(10)15/h2-7H,1H3,(H,17,18). The molecule has 2 rings (SSSR count).